The summed E-state index contributed by atoms with van der Waals surface area (Å²) in [7, 11) is -3.76. The highest BCUT2D eigenvalue weighted by Crippen LogP contribution is 2.28. The molecule has 0 N–H and O–H groups in total. The number of amides is 1. The monoisotopic (exact) mass is 399 g/mol. The van der Waals surface area contributed by atoms with E-state index in [1.165, 1.54) is 28.7 Å². The molecule has 1 aromatic heterocycles. The van der Waals surface area contributed by atoms with Gasteiger partial charge < -0.3 is 4.90 Å². The SMILES string of the molecule is O=C(c1cccnc1)N1CCN(S(=O)(=O)c2cc(Cl)ccc2Cl)CC1. The van der Waals surface area contributed by atoms with Crippen molar-refractivity contribution in [2.75, 3.05) is 26.2 Å². The molecule has 0 radical (unpaired) electrons. The third kappa shape index (κ3) is 3.79. The fourth-order valence-electron chi connectivity index (χ4n) is 2.62. The van der Waals surface area contributed by atoms with Gasteiger partial charge in [-0.1, -0.05) is 23.2 Å². The second-order valence-electron chi connectivity index (χ2n) is 5.51. The molecule has 1 amide bonds. The van der Waals surface area contributed by atoms with Crippen molar-refractivity contribution in [2.45, 2.75) is 4.90 Å². The molecule has 132 valence electrons. The standard InChI is InChI=1S/C16H15Cl2N3O3S/c17-13-3-4-14(18)15(10-13)25(23,24)21-8-6-20(7-9-21)16(22)12-2-1-5-19-11-12/h1-5,10-11H,6-9H2. The number of rotatable bonds is 3. The number of carbonyl (C=O) groups excluding carboxylic acids is 1. The molecule has 0 bridgehead atoms. The molecule has 3 rings (SSSR count). The second kappa shape index (κ2) is 7.29. The van der Waals surface area contributed by atoms with Crippen molar-refractivity contribution in [1.82, 2.24) is 14.2 Å². The Balaban J connectivity index is 1.73. The Morgan fingerprint density at radius 3 is 2.44 bits per heavy atom. The lowest BCUT2D eigenvalue weighted by Crippen LogP contribution is -2.50. The maximum atomic E-state index is 12.8. The van der Waals surface area contributed by atoms with Crippen molar-refractivity contribution in [3.8, 4) is 0 Å². The van der Waals surface area contributed by atoms with E-state index < -0.39 is 10.0 Å². The van der Waals surface area contributed by atoms with Crippen LogP contribution in [0.4, 0.5) is 0 Å². The van der Waals surface area contributed by atoms with Crippen molar-refractivity contribution in [3.63, 3.8) is 0 Å². The summed E-state index contributed by atoms with van der Waals surface area (Å²) in [5.41, 5.74) is 0.483. The molecular formula is C16H15Cl2N3O3S. The molecule has 1 aliphatic heterocycles. The van der Waals surface area contributed by atoms with E-state index in [-0.39, 0.29) is 28.9 Å². The van der Waals surface area contributed by atoms with Crippen LogP contribution in [0.2, 0.25) is 10.0 Å². The van der Waals surface area contributed by atoms with E-state index >= 15 is 0 Å². The van der Waals surface area contributed by atoms with E-state index in [0.29, 0.717) is 23.7 Å². The normalized spacial score (nSPS) is 16.0. The minimum atomic E-state index is -3.76. The van der Waals surface area contributed by atoms with Crippen molar-refractivity contribution < 1.29 is 13.2 Å². The van der Waals surface area contributed by atoms with Gasteiger partial charge in [0.05, 0.1) is 10.6 Å². The molecule has 2 heterocycles. The number of nitrogens with zero attached hydrogens (tertiary/aromatic N) is 3. The quantitative estimate of drug-likeness (QED) is 0.794. The smallest absolute Gasteiger partial charge is 0.255 e. The van der Waals surface area contributed by atoms with E-state index in [0.717, 1.165) is 0 Å². The van der Waals surface area contributed by atoms with Crippen molar-refractivity contribution in [2.24, 2.45) is 0 Å². The maximum absolute atomic E-state index is 12.8. The van der Waals surface area contributed by atoms with Crippen LogP contribution in [0.3, 0.4) is 0 Å². The van der Waals surface area contributed by atoms with Crippen LogP contribution in [-0.4, -0.2) is 54.7 Å². The molecular weight excluding hydrogens is 385 g/mol. The number of hydrogen-bond acceptors (Lipinski definition) is 4. The molecule has 2 aromatic rings. The van der Waals surface area contributed by atoms with E-state index in [9.17, 15) is 13.2 Å². The second-order valence-corrected chi connectivity index (χ2v) is 8.26. The first-order chi connectivity index (χ1) is 11.9. The summed E-state index contributed by atoms with van der Waals surface area (Å²) >= 11 is 11.9. The van der Waals surface area contributed by atoms with Crippen molar-refractivity contribution in [3.05, 3.63) is 58.3 Å². The summed E-state index contributed by atoms with van der Waals surface area (Å²) in [6.07, 6.45) is 3.09. The Morgan fingerprint density at radius 2 is 1.80 bits per heavy atom. The van der Waals surface area contributed by atoms with E-state index in [2.05, 4.69) is 4.98 Å². The third-order valence-corrected chi connectivity index (χ3v) is 6.56. The highest BCUT2D eigenvalue weighted by atomic mass is 35.5. The van der Waals surface area contributed by atoms with Gasteiger partial charge in [0.15, 0.2) is 0 Å². The van der Waals surface area contributed by atoms with Crippen LogP contribution in [0.25, 0.3) is 0 Å². The predicted octanol–water partition coefficient (Wildman–Crippen LogP) is 2.54. The van der Waals surface area contributed by atoms with Gasteiger partial charge in [0.1, 0.15) is 4.90 Å². The van der Waals surface area contributed by atoms with Gasteiger partial charge in [0, 0.05) is 43.6 Å². The number of sulfonamides is 1. The number of carbonyl (C=O) groups is 1. The highest BCUT2D eigenvalue weighted by molar-refractivity contribution is 7.89. The summed E-state index contributed by atoms with van der Waals surface area (Å²) in [6.45, 7) is 0.977. The van der Waals surface area contributed by atoms with Gasteiger partial charge >= 0.3 is 0 Å². The molecule has 0 unspecified atom stereocenters. The fourth-order valence-corrected chi connectivity index (χ4v) is 4.78. The molecule has 1 fully saturated rings. The molecule has 1 aliphatic rings. The maximum Gasteiger partial charge on any atom is 0.255 e. The summed E-state index contributed by atoms with van der Waals surface area (Å²) in [6, 6.07) is 7.71. The van der Waals surface area contributed by atoms with Crippen LogP contribution in [0.5, 0.6) is 0 Å². The fraction of sp³-hybridized carbons (Fsp3) is 0.250. The zero-order valence-corrected chi connectivity index (χ0v) is 15.4. The van der Waals surface area contributed by atoms with Crippen LogP contribution in [0.1, 0.15) is 10.4 Å². The molecule has 25 heavy (non-hydrogen) atoms. The number of piperazine rings is 1. The Kier molecular flexibility index (Phi) is 5.29. The van der Waals surface area contributed by atoms with Crippen LogP contribution in [0.15, 0.2) is 47.6 Å². The van der Waals surface area contributed by atoms with E-state index in [4.69, 9.17) is 23.2 Å². The molecule has 0 spiro atoms. The minimum Gasteiger partial charge on any atom is -0.336 e. The number of benzene rings is 1. The molecule has 6 nitrogen and oxygen atoms in total. The Labute approximate surface area is 156 Å². The first kappa shape index (κ1) is 18.1. The summed E-state index contributed by atoms with van der Waals surface area (Å²) in [4.78, 5) is 17.9. The third-order valence-electron chi connectivity index (χ3n) is 3.95. The van der Waals surface area contributed by atoms with Gasteiger partial charge in [-0.15, -0.1) is 0 Å². The van der Waals surface area contributed by atoms with Crippen molar-refractivity contribution in [1.29, 1.82) is 0 Å². The minimum absolute atomic E-state index is 0.0197. The van der Waals surface area contributed by atoms with Crippen LogP contribution < -0.4 is 0 Å². The largest absolute Gasteiger partial charge is 0.336 e. The van der Waals surface area contributed by atoms with Gasteiger partial charge in [-0.25, -0.2) is 8.42 Å². The molecule has 0 aliphatic carbocycles. The average Bonchev–Trinajstić information content (AvgIpc) is 2.64. The Hall–Kier alpha value is -1.67. The van der Waals surface area contributed by atoms with Crippen molar-refractivity contribution >= 4 is 39.1 Å². The summed E-state index contributed by atoms with van der Waals surface area (Å²) < 4.78 is 26.9. The number of hydrogen-bond donors (Lipinski definition) is 0. The Morgan fingerprint density at radius 1 is 1.08 bits per heavy atom. The topological polar surface area (TPSA) is 70.6 Å². The van der Waals surface area contributed by atoms with Gasteiger partial charge in [-0.2, -0.15) is 4.31 Å². The zero-order chi connectivity index (χ0) is 18.0. The lowest BCUT2D eigenvalue weighted by molar-refractivity contribution is 0.0697. The van der Waals surface area contributed by atoms with Gasteiger partial charge in [-0.05, 0) is 30.3 Å². The first-order valence-electron chi connectivity index (χ1n) is 7.54. The van der Waals surface area contributed by atoms with Crippen LogP contribution in [-0.2, 0) is 10.0 Å². The zero-order valence-electron chi connectivity index (χ0n) is 13.1. The number of halogens is 2. The van der Waals surface area contributed by atoms with Gasteiger partial charge in [0.2, 0.25) is 10.0 Å². The predicted molar refractivity (Wildman–Crippen MR) is 95.4 cm³/mol. The lowest BCUT2D eigenvalue weighted by Gasteiger charge is -2.34. The molecule has 0 atom stereocenters. The number of pyridine rings is 1. The van der Waals surface area contributed by atoms with Gasteiger partial charge in [-0.3, -0.25) is 9.78 Å². The lowest BCUT2D eigenvalue weighted by atomic mass is 10.2. The highest BCUT2D eigenvalue weighted by Gasteiger charge is 2.31. The van der Waals surface area contributed by atoms with E-state index in [1.807, 2.05) is 0 Å². The molecule has 1 saturated heterocycles. The van der Waals surface area contributed by atoms with Gasteiger partial charge in [0.25, 0.3) is 5.91 Å². The average molecular weight is 400 g/mol. The molecule has 0 saturated carbocycles. The summed E-state index contributed by atoms with van der Waals surface area (Å²) in [5.74, 6) is -0.161. The first-order valence-corrected chi connectivity index (χ1v) is 9.74. The van der Waals surface area contributed by atoms with Crippen LogP contribution >= 0.6 is 23.2 Å². The van der Waals surface area contributed by atoms with E-state index in [1.54, 1.807) is 23.2 Å². The summed E-state index contributed by atoms with van der Waals surface area (Å²) in [5, 5.41) is 0.423. The number of aromatic nitrogens is 1. The molecule has 9 heteroatoms. The molecule has 1 aromatic carbocycles. The van der Waals surface area contributed by atoms with Crippen LogP contribution in [0, 0.1) is 0 Å². The Bertz CT molecular complexity index is 883.